The van der Waals surface area contributed by atoms with E-state index in [0.29, 0.717) is 0 Å². The number of aliphatic hydroxyl groups excluding tert-OH is 1. The summed E-state index contributed by atoms with van der Waals surface area (Å²) in [4.78, 5) is 27.4. The number of carbonyl (C=O) groups is 2. The molecule has 0 fully saturated rings. The summed E-state index contributed by atoms with van der Waals surface area (Å²) < 4.78 is 0. The van der Waals surface area contributed by atoms with Gasteiger partial charge in [0.1, 0.15) is 5.76 Å². The summed E-state index contributed by atoms with van der Waals surface area (Å²) in [5.41, 5.74) is 0.249. The van der Waals surface area contributed by atoms with Gasteiger partial charge in [0.2, 0.25) is 0 Å². The first kappa shape index (κ1) is 18.9. The van der Waals surface area contributed by atoms with Gasteiger partial charge in [-0.2, -0.15) is 0 Å². The maximum atomic E-state index is 12.2. The van der Waals surface area contributed by atoms with Crippen molar-refractivity contribution in [3.63, 3.8) is 0 Å². The zero-order chi connectivity index (χ0) is 17.7. The van der Waals surface area contributed by atoms with E-state index in [-0.39, 0.29) is 45.2 Å². The Morgan fingerprint density at radius 2 is 1.74 bits per heavy atom. The average Bonchev–Trinajstić information content (AvgIpc) is 2.47. The molecule has 0 saturated carbocycles. The molecule has 0 radical (unpaired) electrons. The van der Waals surface area contributed by atoms with Crippen LogP contribution in [0.4, 0.5) is 5.69 Å². The zero-order valence-electron chi connectivity index (χ0n) is 13.5. The molecule has 0 saturated heterocycles. The summed E-state index contributed by atoms with van der Waals surface area (Å²) in [7, 11) is 0. The van der Waals surface area contributed by atoms with Gasteiger partial charge in [-0.1, -0.05) is 45.4 Å². The Hall–Kier alpha value is -2.14. The summed E-state index contributed by atoms with van der Waals surface area (Å²) in [5, 5.41) is 19.2. The van der Waals surface area contributed by atoms with Crippen molar-refractivity contribution in [3.8, 4) is 0 Å². The van der Waals surface area contributed by atoms with Gasteiger partial charge in [0.25, 0.3) is 0 Å². The fourth-order valence-corrected chi connectivity index (χ4v) is 2.05. The predicted octanol–water partition coefficient (Wildman–Crippen LogP) is 4.43. The zero-order valence-corrected chi connectivity index (χ0v) is 14.3. The largest absolute Gasteiger partial charge is 0.511 e. The fraction of sp³-hybridized carbons (Fsp3) is 0.353. The number of hydrogen-bond acceptors (Lipinski definition) is 4. The molecular formula is C17H20ClNO4. The number of rotatable bonds is 6. The van der Waals surface area contributed by atoms with Gasteiger partial charge >= 0.3 is 5.97 Å². The van der Waals surface area contributed by atoms with E-state index in [9.17, 15) is 14.7 Å². The summed E-state index contributed by atoms with van der Waals surface area (Å²) in [6.07, 6.45) is 1.24. The van der Waals surface area contributed by atoms with Gasteiger partial charge in [-0.15, -0.1) is 0 Å². The van der Waals surface area contributed by atoms with Gasteiger partial charge in [0.05, 0.1) is 21.8 Å². The van der Waals surface area contributed by atoms with Crippen LogP contribution in [0.5, 0.6) is 0 Å². The number of allylic oxidation sites excluding steroid dienone is 2. The molecule has 0 amide bonds. The minimum atomic E-state index is -1.16. The highest BCUT2D eigenvalue weighted by Crippen LogP contribution is 2.28. The minimum absolute atomic E-state index is 0.0170. The van der Waals surface area contributed by atoms with Gasteiger partial charge in [-0.05, 0) is 12.1 Å². The number of nitrogens with zero attached hydrogens (tertiary/aromatic N) is 1. The van der Waals surface area contributed by atoms with E-state index >= 15 is 0 Å². The van der Waals surface area contributed by atoms with Gasteiger partial charge in [0, 0.05) is 18.1 Å². The number of aromatic carboxylic acids is 1. The third kappa shape index (κ3) is 4.66. The van der Waals surface area contributed by atoms with Crippen LogP contribution in [0.3, 0.4) is 0 Å². The number of halogens is 1. The van der Waals surface area contributed by atoms with Crippen molar-refractivity contribution in [2.24, 2.45) is 16.8 Å². The maximum absolute atomic E-state index is 12.2. The summed E-state index contributed by atoms with van der Waals surface area (Å²) in [5.74, 6) is -2.01. The van der Waals surface area contributed by atoms with E-state index in [1.54, 1.807) is 27.7 Å². The molecule has 0 aliphatic rings. The molecule has 23 heavy (non-hydrogen) atoms. The second-order valence-corrected chi connectivity index (χ2v) is 6.05. The number of carboxylic acids is 1. The van der Waals surface area contributed by atoms with Gasteiger partial charge in [-0.3, -0.25) is 9.79 Å². The van der Waals surface area contributed by atoms with Crippen molar-refractivity contribution >= 4 is 35.3 Å². The molecular weight excluding hydrogens is 318 g/mol. The first-order chi connectivity index (χ1) is 10.7. The SMILES string of the molecule is CC(C)C(=O)C(C=Nc1cccc(C(=O)O)c1Cl)=C(O)C(C)C. The number of ketones is 1. The van der Waals surface area contributed by atoms with E-state index in [4.69, 9.17) is 16.7 Å². The standard InChI is InChI=1S/C17H20ClNO4/c1-9(2)15(20)12(16(21)10(3)4)8-19-13-7-5-6-11(14(13)18)17(22)23/h5-10,20H,1-4H3,(H,22,23). The second-order valence-electron chi connectivity index (χ2n) is 5.67. The summed E-state index contributed by atoms with van der Waals surface area (Å²) in [6, 6.07) is 4.42. The molecule has 0 aromatic heterocycles. The number of carbonyl (C=O) groups excluding carboxylic acids is 1. The van der Waals surface area contributed by atoms with Crippen LogP contribution in [-0.4, -0.2) is 28.2 Å². The van der Waals surface area contributed by atoms with Crippen LogP contribution >= 0.6 is 11.6 Å². The highest BCUT2D eigenvalue weighted by molar-refractivity contribution is 6.36. The number of carboxylic acid groups (broad SMARTS) is 1. The molecule has 0 bridgehead atoms. The average molecular weight is 338 g/mol. The van der Waals surface area contributed by atoms with Gasteiger partial charge < -0.3 is 10.2 Å². The normalized spacial score (nSPS) is 12.8. The molecule has 0 heterocycles. The molecule has 1 aromatic rings. The maximum Gasteiger partial charge on any atom is 0.337 e. The lowest BCUT2D eigenvalue weighted by Crippen LogP contribution is -2.15. The second kappa shape index (κ2) is 7.92. The third-order valence-electron chi connectivity index (χ3n) is 3.15. The highest BCUT2D eigenvalue weighted by atomic mass is 35.5. The van der Waals surface area contributed by atoms with E-state index in [2.05, 4.69) is 4.99 Å². The smallest absolute Gasteiger partial charge is 0.337 e. The molecule has 0 aliphatic heterocycles. The molecule has 0 aliphatic carbocycles. The van der Waals surface area contributed by atoms with Crippen LogP contribution in [0.25, 0.3) is 0 Å². The van der Waals surface area contributed by atoms with Crippen molar-refractivity contribution in [3.05, 3.63) is 40.1 Å². The van der Waals surface area contributed by atoms with Crippen LogP contribution in [0, 0.1) is 11.8 Å². The van der Waals surface area contributed by atoms with Gasteiger partial charge in [0.15, 0.2) is 5.78 Å². The Kier molecular flexibility index (Phi) is 6.51. The Labute approximate surface area is 140 Å². The first-order valence-electron chi connectivity index (χ1n) is 7.20. The molecule has 5 nitrogen and oxygen atoms in total. The number of aliphatic hydroxyl groups is 1. The Balaban J connectivity index is 3.33. The van der Waals surface area contributed by atoms with Crippen LogP contribution in [-0.2, 0) is 4.79 Å². The Morgan fingerprint density at radius 1 is 1.13 bits per heavy atom. The van der Waals surface area contributed by atoms with Crippen LogP contribution < -0.4 is 0 Å². The van der Waals surface area contributed by atoms with Crippen molar-refractivity contribution < 1.29 is 19.8 Å². The Bertz CT molecular complexity index is 675. The van der Waals surface area contributed by atoms with E-state index in [0.717, 1.165) is 0 Å². The molecule has 6 heteroatoms. The lowest BCUT2D eigenvalue weighted by molar-refractivity contribution is -0.117. The van der Waals surface area contributed by atoms with Crippen molar-refractivity contribution in [2.75, 3.05) is 0 Å². The van der Waals surface area contributed by atoms with Crippen molar-refractivity contribution in [2.45, 2.75) is 27.7 Å². The summed E-state index contributed by atoms with van der Waals surface area (Å²) in [6.45, 7) is 6.97. The molecule has 0 unspecified atom stereocenters. The molecule has 0 atom stereocenters. The molecule has 1 rings (SSSR count). The van der Waals surface area contributed by atoms with Crippen molar-refractivity contribution in [1.82, 2.24) is 0 Å². The van der Waals surface area contributed by atoms with Crippen molar-refractivity contribution in [1.29, 1.82) is 0 Å². The highest BCUT2D eigenvalue weighted by Gasteiger charge is 2.19. The lowest BCUT2D eigenvalue weighted by Gasteiger charge is -2.11. The topological polar surface area (TPSA) is 87.0 Å². The third-order valence-corrected chi connectivity index (χ3v) is 3.55. The number of hydrogen-bond donors (Lipinski definition) is 2. The van der Waals surface area contributed by atoms with E-state index in [1.165, 1.54) is 24.4 Å². The monoisotopic (exact) mass is 337 g/mol. The first-order valence-corrected chi connectivity index (χ1v) is 7.57. The molecule has 124 valence electrons. The lowest BCUT2D eigenvalue weighted by atomic mass is 9.97. The molecule has 2 N–H and O–H groups in total. The Morgan fingerprint density at radius 3 is 2.22 bits per heavy atom. The fourth-order valence-electron chi connectivity index (χ4n) is 1.80. The number of benzene rings is 1. The quantitative estimate of drug-likeness (QED) is 0.456. The van der Waals surface area contributed by atoms with Crippen LogP contribution in [0.15, 0.2) is 34.5 Å². The minimum Gasteiger partial charge on any atom is -0.511 e. The van der Waals surface area contributed by atoms with Gasteiger partial charge in [-0.25, -0.2) is 4.79 Å². The van der Waals surface area contributed by atoms with E-state index < -0.39 is 5.97 Å². The van der Waals surface area contributed by atoms with E-state index in [1.807, 2.05) is 0 Å². The number of aliphatic imine (C=N–C) groups is 1. The van der Waals surface area contributed by atoms with Crippen LogP contribution in [0.1, 0.15) is 38.1 Å². The molecule has 0 spiro atoms. The molecule has 1 aromatic carbocycles. The predicted molar refractivity (Wildman–Crippen MR) is 90.9 cm³/mol. The number of Topliss-reactive ketones (excluding diaryl/α,β-unsaturated/α-hetero) is 1. The van der Waals surface area contributed by atoms with Crippen LogP contribution in [0.2, 0.25) is 5.02 Å². The summed E-state index contributed by atoms with van der Waals surface area (Å²) >= 11 is 6.01.